The van der Waals surface area contributed by atoms with Gasteiger partial charge in [0, 0.05) is 5.41 Å². The molecule has 1 atom stereocenters. The molecule has 0 saturated carbocycles. The number of ketones is 1. The molecule has 0 aromatic carbocycles. The van der Waals surface area contributed by atoms with Crippen molar-refractivity contribution in [1.82, 2.24) is 0 Å². The zero-order valence-corrected chi connectivity index (χ0v) is 14.3. The molecular formula is C13H24FO6P. The predicted octanol–water partition coefficient (Wildman–Crippen LogP) is 3.10. The second-order valence-electron chi connectivity index (χ2n) is 5.25. The number of rotatable bonds is 8. The molecule has 0 fully saturated rings. The zero-order chi connectivity index (χ0) is 16.9. The van der Waals surface area contributed by atoms with Gasteiger partial charge in [0.25, 0.3) is 0 Å². The lowest BCUT2D eigenvalue weighted by atomic mass is 9.88. The van der Waals surface area contributed by atoms with Gasteiger partial charge in [-0.05, 0) is 20.8 Å². The monoisotopic (exact) mass is 326 g/mol. The van der Waals surface area contributed by atoms with E-state index in [1.54, 1.807) is 0 Å². The van der Waals surface area contributed by atoms with Crippen molar-refractivity contribution in [3.8, 4) is 0 Å². The molecule has 0 N–H and O–H groups in total. The molecule has 21 heavy (non-hydrogen) atoms. The van der Waals surface area contributed by atoms with Crippen LogP contribution in [0.4, 0.5) is 4.39 Å². The van der Waals surface area contributed by atoms with Gasteiger partial charge in [-0.15, -0.1) is 0 Å². The fourth-order valence-electron chi connectivity index (χ4n) is 1.61. The van der Waals surface area contributed by atoms with Crippen LogP contribution in [-0.4, -0.2) is 37.0 Å². The van der Waals surface area contributed by atoms with Gasteiger partial charge < -0.3 is 13.8 Å². The first-order valence-electron chi connectivity index (χ1n) is 6.81. The van der Waals surface area contributed by atoms with Crippen LogP contribution in [0.3, 0.4) is 0 Å². The zero-order valence-electron chi connectivity index (χ0n) is 13.4. The fourth-order valence-corrected chi connectivity index (χ4v) is 3.59. The van der Waals surface area contributed by atoms with E-state index in [9.17, 15) is 14.2 Å². The Morgan fingerprint density at radius 3 is 1.71 bits per heavy atom. The minimum Gasteiger partial charge on any atom is -0.463 e. The Bertz CT molecular complexity index is 421. The number of hydrogen-bond donors (Lipinski definition) is 0. The minimum atomic E-state index is -4.67. The molecule has 0 aliphatic heterocycles. The smallest absolute Gasteiger partial charge is 0.387 e. The number of carbonyl (C=O) groups excluding carboxylic acids is 2. The number of hydrogen-bond acceptors (Lipinski definition) is 6. The molecule has 8 heteroatoms. The molecule has 124 valence electrons. The van der Waals surface area contributed by atoms with Gasteiger partial charge in [-0.3, -0.25) is 9.36 Å². The number of alkyl halides is 1. The molecule has 0 rings (SSSR count). The quantitative estimate of drug-likeness (QED) is 0.387. The molecule has 0 aromatic heterocycles. The maximum absolute atomic E-state index is 15.3. The van der Waals surface area contributed by atoms with Gasteiger partial charge in [-0.1, -0.05) is 20.8 Å². The number of Topliss-reactive ketones (excluding diaryl/α,β-unsaturated/α-hetero) is 1. The van der Waals surface area contributed by atoms with Crippen molar-refractivity contribution in [2.24, 2.45) is 5.41 Å². The highest BCUT2D eigenvalue weighted by atomic mass is 31.2. The summed E-state index contributed by atoms with van der Waals surface area (Å²) in [4.78, 5) is 24.4. The normalized spacial score (nSPS) is 15.4. The lowest BCUT2D eigenvalue weighted by Gasteiger charge is -2.33. The summed E-state index contributed by atoms with van der Waals surface area (Å²) in [6, 6.07) is 0. The van der Waals surface area contributed by atoms with Crippen LogP contribution < -0.4 is 0 Å². The first-order valence-corrected chi connectivity index (χ1v) is 8.35. The Kier molecular flexibility index (Phi) is 7.20. The summed E-state index contributed by atoms with van der Waals surface area (Å²) in [6.07, 6.45) is 0. The minimum absolute atomic E-state index is 0.166. The van der Waals surface area contributed by atoms with E-state index in [2.05, 4.69) is 4.74 Å². The van der Waals surface area contributed by atoms with E-state index in [0.29, 0.717) is 0 Å². The molecule has 0 spiro atoms. The molecule has 0 aliphatic carbocycles. The molecule has 0 aromatic rings. The van der Waals surface area contributed by atoms with E-state index in [1.165, 1.54) is 41.5 Å². The van der Waals surface area contributed by atoms with Gasteiger partial charge in [0.05, 0.1) is 19.8 Å². The maximum Gasteiger partial charge on any atom is 0.387 e. The van der Waals surface area contributed by atoms with Crippen LogP contribution in [0, 0.1) is 5.41 Å². The molecule has 0 bridgehead atoms. The van der Waals surface area contributed by atoms with E-state index in [4.69, 9.17) is 9.05 Å². The fraction of sp³-hybridized carbons (Fsp3) is 0.846. The van der Waals surface area contributed by atoms with Crippen LogP contribution in [0.25, 0.3) is 0 Å². The summed E-state index contributed by atoms with van der Waals surface area (Å²) < 4.78 is 42.4. The topological polar surface area (TPSA) is 78.9 Å². The third-order valence-corrected chi connectivity index (χ3v) is 4.84. The summed E-state index contributed by atoms with van der Waals surface area (Å²) >= 11 is 0. The van der Waals surface area contributed by atoms with Crippen molar-refractivity contribution in [2.45, 2.75) is 47.0 Å². The highest BCUT2D eigenvalue weighted by Crippen LogP contribution is 2.63. The highest BCUT2D eigenvalue weighted by Gasteiger charge is 2.67. The Morgan fingerprint density at radius 2 is 1.43 bits per heavy atom. The van der Waals surface area contributed by atoms with E-state index >= 15 is 4.39 Å². The number of esters is 1. The van der Waals surface area contributed by atoms with Crippen molar-refractivity contribution in [2.75, 3.05) is 19.8 Å². The summed E-state index contributed by atoms with van der Waals surface area (Å²) in [5, 5.41) is -3.48. The van der Waals surface area contributed by atoms with Gasteiger partial charge in [-0.25, -0.2) is 9.18 Å². The van der Waals surface area contributed by atoms with E-state index < -0.39 is 30.2 Å². The average Bonchev–Trinajstić information content (AvgIpc) is 2.36. The van der Waals surface area contributed by atoms with Crippen molar-refractivity contribution >= 4 is 19.3 Å². The SMILES string of the molecule is CCOC(=O)C(F)(C(=O)C(C)(C)C)P(=O)(OCC)OCC. The van der Waals surface area contributed by atoms with Crippen molar-refractivity contribution in [3.63, 3.8) is 0 Å². The third-order valence-electron chi connectivity index (χ3n) is 2.50. The largest absolute Gasteiger partial charge is 0.463 e. The first kappa shape index (κ1) is 20.2. The molecule has 0 saturated heterocycles. The maximum atomic E-state index is 15.3. The Labute approximate surface area is 124 Å². The Hall–Kier alpha value is -0.780. The van der Waals surface area contributed by atoms with E-state index in [1.807, 2.05) is 0 Å². The number of halogens is 1. The predicted molar refractivity (Wildman–Crippen MR) is 75.8 cm³/mol. The molecule has 1 unspecified atom stereocenters. The third kappa shape index (κ3) is 4.11. The summed E-state index contributed by atoms with van der Waals surface area (Å²) in [5.74, 6) is -2.74. The van der Waals surface area contributed by atoms with Crippen LogP contribution >= 0.6 is 7.60 Å². The van der Waals surface area contributed by atoms with Crippen LogP contribution in [0.15, 0.2) is 0 Å². The van der Waals surface area contributed by atoms with Gasteiger partial charge >= 0.3 is 19.0 Å². The Morgan fingerprint density at radius 1 is 1.00 bits per heavy atom. The molecular weight excluding hydrogens is 302 g/mol. The highest BCUT2D eigenvalue weighted by molar-refractivity contribution is 7.57. The standard InChI is InChI=1S/C13H24FO6P/c1-7-18-11(16)13(14,10(15)12(4,5)6)21(17,19-8-2)20-9-3/h7-9H2,1-6H3. The van der Waals surface area contributed by atoms with Crippen molar-refractivity contribution in [1.29, 1.82) is 0 Å². The summed E-state index contributed by atoms with van der Waals surface area (Å²) in [6.45, 7) is 8.06. The van der Waals surface area contributed by atoms with Crippen LogP contribution in [0.1, 0.15) is 41.5 Å². The number of carbonyl (C=O) groups is 2. The molecule has 6 nitrogen and oxygen atoms in total. The van der Waals surface area contributed by atoms with Crippen LogP contribution in [0.5, 0.6) is 0 Å². The van der Waals surface area contributed by atoms with Gasteiger partial charge in [0.15, 0.2) is 5.78 Å². The van der Waals surface area contributed by atoms with Crippen LogP contribution in [0.2, 0.25) is 0 Å². The molecule has 0 radical (unpaired) electrons. The van der Waals surface area contributed by atoms with Crippen molar-refractivity contribution in [3.05, 3.63) is 0 Å². The second-order valence-corrected chi connectivity index (χ2v) is 7.38. The lowest BCUT2D eigenvalue weighted by Crippen LogP contribution is -2.49. The molecule has 0 aliphatic rings. The van der Waals surface area contributed by atoms with E-state index in [-0.39, 0.29) is 19.8 Å². The summed E-state index contributed by atoms with van der Waals surface area (Å²) in [7, 11) is -4.67. The van der Waals surface area contributed by atoms with E-state index in [0.717, 1.165) is 0 Å². The molecule has 0 amide bonds. The summed E-state index contributed by atoms with van der Waals surface area (Å²) in [5.41, 5.74) is -1.27. The average molecular weight is 326 g/mol. The van der Waals surface area contributed by atoms with Crippen molar-refractivity contribution < 1.29 is 32.3 Å². The number of ether oxygens (including phenoxy) is 1. The van der Waals surface area contributed by atoms with Gasteiger partial charge in [-0.2, -0.15) is 0 Å². The second kappa shape index (κ2) is 7.47. The lowest BCUT2D eigenvalue weighted by molar-refractivity contribution is -0.160. The van der Waals surface area contributed by atoms with Gasteiger partial charge in [0.2, 0.25) is 0 Å². The Balaban J connectivity index is 6.08. The van der Waals surface area contributed by atoms with Crippen LogP contribution in [-0.2, 0) is 27.9 Å². The first-order chi connectivity index (χ1) is 9.51. The van der Waals surface area contributed by atoms with Gasteiger partial charge in [0.1, 0.15) is 0 Å². The molecule has 0 heterocycles.